The standard InChI is InChI=1S/C12H16FNO4/c1-12(18,7-15)6-14-5-8-2-3-9(11(16)17)10(13)4-8/h2-4,14-15,18H,5-7H2,1H3,(H,16,17). The summed E-state index contributed by atoms with van der Waals surface area (Å²) in [4.78, 5) is 10.6. The van der Waals surface area contributed by atoms with Crippen LogP contribution in [0.15, 0.2) is 18.2 Å². The molecule has 0 spiro atoms. The zero-order chi connectivity index (χ0) is 13.8. The molecule has 4 N–H and O–H groups in total. The van der Waals surface area contributed by atoms with Crippen LogP contribution < -0.4 is 5.32 Å². The molecule has 0 fully saturated rings. The smallest absolute Gasteiger partial charge is 0.338 e. The van der Waals surface area contributed by atoms with Gasteiger partial charge >= 0.3 is 5.97 Å². The van der Waals surface area contributed by atoms with E-state index in [1.165, 1.54) is 19.1 Å². The number of halogens is 1. The van der Waals surface area contributed by atoms with Gasteiger partial charge in [0.25, 0.3) is 0 Å². The van der Waals surface area contributed by atoms with Gasteiger partial charge in [-0.3, -0.25) is 0 Å². The Kier molecular flexibility index (Phi) is 4.77. The molecule has 0 aliphatic heterocycles. The molecule has 0 saturated carbocycles. The molecule has 18 heavy (non-hydrogen) atoms. The normalized spacial score (nSPS) is 14.2. The fraction of sp³-hybridized carbons (Fsp3) is 0.417. The van der Waals surface area contributed by atoms with Crippen LogP contribution in [0.4, 0.5) is 4.39 Å². The Bertz CT molecular complexity index is 434. The minimum atomic E-state index is -1.31. The molecule has 1 atom stereocenters. The third-order valence-electron chi connectivity index (χ3n) is 2.44. The van der Waals surface area contributed by atoms with Crippen molar-refractivity contribution in [2.75, 3.05) is 13.2 Å². The molecule has 0 heterocycles. The molecule has 0 radical (unpaired) electrons. The lowest BCUT2D eigenvalue weighted by molar-refractivity contribution is 0.00253. The Morgan fingerprint density at radius 2 is 2.17 bits per heavy atom. The van der Waals surface area contributed by atoms with E-state index in [2.05, 4.69) is 5.32 Å². The molecule has 0 amide bonds. The van der Waals surface area contributed by atoms with Crippen molar-refractivity contribution in [1.29, 1.82) is 0 Å². The number of carbonyl (C=O) groups is 1. The first-order valence-corrected chi connectivity index (χ1v) is 5.41. The number of aliphatic hydroxyl groups is 2. The second-order valence-electron chi connectivity index (χ2n) is 4.38. The fourth-order valence-corrected chi connectivity index (χ4v) is 1.37. The Hall–Kier alpha value is -1.50. The maximum absolute atomic E-state index is 13.3. The van der Waals surface area contributed by atoms with E-state index < -0.39 is 17.4 Å². The van der Waals surface area contributed by atoms with Crippen LogP contribution >= 0.6 is 0 Å². The minimum Gasteiger partial charge on any atom is -0.478 e. The lowest BCUT2D eigenvalue weighted by Gasteiger charge is -2.20. The van der Waals surface area contributed by atoms with Crippen LogP contribution in [-0.4, -0.2) is 40.0 Å². The predicted molar refractivity (Wildman–Crippen MR) is 62.8 cm³/mol. The van der Waals surface area contributed by atoms with Gasteiger partial charge in [0.1, 0.15) is 5.82 Å². The molecular weight excluding hydrogens is 241 g/mol. The highest BCUT2D eigenvalue weighted by atomic mass is 19.1. The quantitative estimate of drug-likeness (QED) is 0.590. The maximum atomic E-state index is 13.3. The van der Waals surface area contributed by atoms with Crippen molar-refractivity contribution >= 4 is 5.97 Å². The van der Waals surface area contributed by atoms with Gasteiger partial charge in [0.05, 0.1) is 17.8 Å². The van der Waals surface area contributed by atoms with Crippen molar-refractivity contribution in [3.63, 3.8) is 0 Å². The van der Waals surface area contributed by atoms with Gasteiger partial charge in [-0.2, -0.15) is 0 Å². The summed E-state index contributed by atoms with van der Waals surface area (Å²) < 4.78 is 13.3. The highest BCUT2D eigenvalue weighted by molar-refractivity contribution is 5.87. The molecule has 0 aliphatic carbocycles. The summed E-state index contributed by atoms with van der Waals surface area (Å²) in [5, 5.41) is 29.8. The van der Waals surface area contributed by atoms with Crippen LogP contribution in [0.5, 0.6) is 0 Å². The van der Waals surface area contributed by atoms with Crippen LogP contribution in [0.1, 0.15) is 22.8 Å². The van der Waals surface area contributed by atoms with Crippen LogP contribution in [0.2, 0.25) is 0 Å². The molecule has 0 aliphatic rings. The number of rotatable bonds is 6. The van der Waals surface area contributed by atoms with Crippen molar-refractivity contribution in [1.82, 2.24) is 5.32 Å². The van der Waals surface area contributed by atoms with Gasteiger partial charge in [-0.1, -0.05) is 6.07 Å². The zero-order valence-electron chi connectivity index (χ0n) is 9.98. The summed E-state index contributed by atoms with van der Waals surface area (Å²) in [6.07, 6.45) is 0. The van der Waals surface area contributed by atoms with Crippen molar-refractivity contribution in [3.8, 4) is 0 Å². The minimum absolute atomic E-state index is 0.145. The molecule has 0 bridgehead atoms. The molecule has 1 aromatic carbocycles. The van der Waals surface area contributed by atoms with Gasteiger partial charge in [0.2, 0.25) is 0 Å². The first-order chi connectivity index (χ1) is 8.35. The fourth-order valence-electron chi connectivity index (χ4n) is 1.37. The van der Waals surface area contributed by atoms with E-state index in [4.69, 9.17) is 10.2 Å². The summed E-state index contributed by atoms with van der Waals surface area (Å²) >= 11 is 0. The lowest BCUT2D eigenvalue weighted by Crippen LogP contribution is -2.40. The van der Waals surface area contributed by atoms with Crippen molar-refractivity contribution in [2.24, 2.45) is 0 Å². The Morgan fingerprint density at radius 3 is 2.67 bits per heavy atom. The zero-order valence-corrected chi connectivity index (χ0v) is 9.98. The van der Waals surface area contributed by atoms with Crippen LogP contribution in [0.3, 0.4) is 0 Å². The van der Waals surface area contributed by atoms with Crippen molar-refractivity contribution in [3.05, 3.63) is 35.1 Å². The molecule has 0 saturated heterocycles. The number of aromatic carboxylic acids is 1. The largest absolute Gasteiger partial charge is 0.478 e. The molecule has 6 heteroatoms. The second-order valence-corrected chi connectivity index (χ2v) is 4.38. The van der Waals surface area contributed by atoms with E-state index in [0.717, 1.165) is 6.07 Å². The summed E-state index contributed by atoms with van der Waals surface area (Å²) in [5.74, 6) is -2.11. The molecule has 1 aromatic rings. The Labute approximate surface area is 104 Å². The number of benzene rings is 1. The lowest BCUT2D eigenvalue weighted by atomic mass is 10.1. The van der Waals surface area contributed by atoms with Crippen LogP contribution in [0, 0.1) is 5.82 Å². The molecular formula is C12H16FNO4. The predicted octanol–water partition coefficient (Wildman–Crippen LogP) is 0.357. The first-order valence-electron chi connectivity index (χ1n) is 5.41. The van der Waals surface area contributed by atoms with Gasteiger partial charge in [0.15, 0.2) is 0 Å². The monoisotopic (exact) mass is 257 g/mol. The molecule has 1 rings (SSSR count). The number of carboxylic acid groups (broad SMARTS) is 1. The third-order valence-corrected chi connectivity index (χ3v) is 2.44. The number of carboxylic acids is 1. The molecule has 0 aromatic heterocycles. The van der Waals surface area contributed by atoms with Gasteiger partial charge in [-0.25, -0.2) is 9.18 Å². The van der Waals surface area contributed by atoms with Crippen molar-refractivity contribution < 1.29 is 24.5 Å². The average molecular weight is 257 g/mol. The third kappa shape index (κ3) is 4.06. The number of aliphatic hydroxyl groups excluding tert-OH is 1. The Morgan fingerprint density at radius 1 is 1.50 bits per heavy atom. The van der Waals surface area contributed by atoms with Crippen LogP contribution in [-0.2, 0) is 6.54 Å². The first kappa shape index (κ1) is 14.6. The summed E-state index contributed by atoms with van der Waals surface area (Å²) in [6, 6.07) is 3.82. The second kappa shape index (κ2) is 5.90. The highest BCUT2D eigenvalue weighted by Gasteiger charge is 2.18. The Balaban J connectivity index is 2.59. The van der Waals surface area contributed by atoms with Gasteiger partial charge in [-0.15, -0.1) is 0 Å². The van der Waals surface area contributed by atoms with E-state index >= 15 is 0 Å². The summed E-state index contributed by atoms with van der Waals surface area (Å²) in [6.45, 7) is 1.50. The van der Waals surface area contributed by atoms with E-state index in [1.807, 2.05) is 0 Å². The van der Waals surface area contributed by atoms with Crippen LogP contribution in [0.25, 0.3) is 0 Å². The van der Waals surface area contributed by atoms with Gasteiger partial charge in [0, 0.05) is 13.1 Å². The number of hydrogen-bond acceptors (Lipinski definition) is 4. The summed E-state index contributed by atoms with van der Waals surface area (Å²) in [7, 11) is 0. The summed E-state index contributed by atoms with van der Waals surface area (Å²) in [5.41, 5.74) is -1.05. The molecule has 1 unspecified atom stereocenters. The molecule has 5 nitrogen and oxygen atoms in total. The topological polar surface area (TPSA) is 89.8 Å². The van der Waals surface area contributed by atoms with E-state index in [9.17, 15) is 14.3 Å². The van der Waals surface area contributed by atoms with E-state index in [0.29, 0.717) is 5.56 Å². The van der Waals surface area contributed by atoms with E-state index in [-0.39, 0.29) is 25.3 Å². The average Bonchev–Trinajstić information content (AvgIpc) is 2.28. The van der Waals surface area contributed by atoms with Gasteiger partial charge in [-0.05, 0) is 24.6 Å². The number of nitrogens with one attached hydrogen (secondary N) is 1. The van der Waals surface area contributed by atoms with E-state index in [1.54, 1.807) is 0 Å². The van der Waals surface area contributed by atoms with Crippen molar-refractivity contribution in [2.45, 2.75) is 19.1 Å². The SMILES string of the molecule is CC(O)(CO)CNCc1ccc(C(=O)O)c(F)c1. The van der Waals surface area contributed by atoms with Gasteiger partial charge < -0.3 is 20.6 Å². The molecule has 100 valence electrons. The highest BCUT2D eigenvalue weighted by Crippen LogP contribution is 2.10. The maximum Gasteiger partial charge on any atom is 0.338 e. The number of hydrogen-bond donors (Lipinski definition) is 4.